The maximum Gasteiger partial charge on any atom is 0.0547 e. The molecule has 16 heavy (non-hydrogen) atoms. The minimum Gasteiger partial charge on any atom is -0.314 e. The Morgan fingerprint density at radius 1 is 1.38 bits per heavy atom. The second kappa shape index (κ2) is 6.16. The van der Waals surface area contributed by atoms with E-state index < -0.39 is 10.8 Å². The van der Waals surface area contributed by atoms with Gasteiger partial charge < -0.3 is 5.32 Å². The molecular weight excluding hydrogens is 218 g/mol. The topological polar surface area (TPSA) is 29.1 Å². The van der Waals surface area contributed by atoms with Gasteiger partial charge in [-0.1, -0.05) is 24.6 Å². The van der Waals surface area contributed by atoms with Gasteiger partial charge in [-0.3, -0.25) is 4.21 Å². The molecule has 1 aromatic rings. The normalized spacial score (nSPS) is 14.8. The van der Waals surface area contributed by atoms with Gasteiger partial charge in [0.1, 0.15) is 0 Å². The van der Waals surface area contributed by atoms with Crippen molar-refractivity contribution in [1.29, 1.82) is 0 Å². The zero-order valence-corrected chi connectivity index (χ0v) is 11.4. The molecule has 2 atom stereocenters. The van der Waals surface area contributed by atoms with Gasteiger partial charge in [0.2, 0.25) is 0 Å². The highest BCUT2D eigenvalue weighted by Gasteiger charge is 2.10. The molecule has 2 nitrogen and oxygen atoms in total. The van der Waals surface area contributed by atoms with Crippen LogP contribution in [0.5, 0.6) is 0 Å². The maximum atomic E-state index is 12.1. The Hall–Kier alpha value is -0.670. The summed E-state index contributed by atoms with van der Waals surface area (Å²) in [5.74, 6) is 0.678. The van der Waals surface area contributed by atoms with Crippen LogP contribution in [0.3, 0.4) is 0 Å². The monoisotopic (exact) mass is 239 g/mol. The van der Waals surface area contributed by atoms with Gasteiger partial charge in [0.25, 0.3) is 0 Å². The van der Waals surface area contributed by atoms with E-state index in [9.17, 15) is 4.21 Å². The van der Waals surface area contributed by atoms with Crippen molar-refractivity contribution >= 4 is 10.8 Å². The lowest BCUT2D eigenvalue weighted by Crippen LogP contribution is -2.31. The average Bonchev–Trinajstić information content (AvgIpc) is 2.17. The molecule has 1 aromatic carbocycles. The molecule has 0 aliphatic carbocycles. The van der Waals surface area contributed by atoms with Gasteiger partial charge in [0.15, 0.2) is 0 Å². The van der Waals surface area contributed by atoms with Crippen molar-refractivity contribution in [2.45, 2.75) is 38.6 Å². The standard InChI is InChI=1S/C13H21NOS/c1-5-14-12(4)9-16(15)13-7-6-10(2)8-11(13)3/h6-8,12,14H,5,9H2,1-4H3. The van der Waals surface area contributed by atoms with Crippen LogP contribution in [0.1, 0.15) is 25.0 Å². The van der Waals surface area contributed by atoms with Gasteiger partial charge in [-0.15, -0.1) is 0 Å². The van der Waals surface area contributed by atoms with Gasteiger partial charge in [-0.05, 0) is 38.9 Å². The zero-order valence-electron chi connectivity index (χ0n) is 10.5. The van der Waals surface area contributed by atoms with Gasteiger partial charge in [-0.25, -0.2) is 0 Å². The lowest BCUT2D eigenvalue weighted by Gasteiger charge is -2.13. The van der Waals surface area contributed by atoms with Crippen LogP contribution in [0.25, 0.3) is 0 Å². The number of benzene rings is 1. The van der Waals surface area contributed by atoms with E-state index in [2.05, 4.69) is 32.2 Å². The Labute approximate surface area is 101 Å². The van der Waals surface area contributed by atoms with Gasteiger partial charge in [0.05, 0.1) is 10.8 Å². The highest BCUT2D eigenvalue weighted by molar-refractivity contribution is 7.85. The fraction of sp³-hybridized carbons (Fsp3) is 0.538. The molecule has 2 unspecified atom stereocenters. The second-order valence-corrected chi connectivity index (χ2v) is 5.70. The number of hydrogen-bond donors (Lipinski definition) is 1. The smallest absolute Gasteiger partial charge is 0.0547 e. The first-order chi connectivity index (χ1) is 7.54. The van der Waals surface area contributed by atoms with Crippen molar-refractivity contribution in [3.05, 3.63) is 29.3 Å². The molecule has 0 saturated carbocycles. The van der Waals surface area contributed by atoms with Crippen LogP contribution in [-0.2, 0) is 10.8 Å². The molecule has 0 aliphatic rings. The lowest BCUT2D eigenvalue weighted by molar-refractivity contribution is 0.607. The highest BCUT2D eigenvalue weighted by Crippen LogP contribution is 2.15. The summed E-state index contributed by atoms with van der Waals surface area (Å²) >= 11 is 0. The van der Waals surface area contributed by atoms with E-state index in [1.807, 2.05) is 19.1 Å². The van der Waals surface area contributed by atoms with Crippen molar-refractivity contribution in [2.75, 3.05) is 12.3 Å². The van der Waals surface area contributed by atoms with E-state index in [0.29, 0.717) is 11.8 Å². The van der Waals surface area contributed by atoms with Crippen LogP contribution >= 0.6 is 0 Å². The van der Waals surface area contributed by atoms with E-state index in [-0.39, 0.29) is 0 Å². The van der Waals surface area contributed by atoms with Crippen molar-refractivity contribution < 1.29 is 4.21 Å². The molecule has 0 saturated heterocycles. The zero-order chi connectivity index (χ0) is 12.1. The van der Waals surface area contributed by atoms with E-state index in [1.165, 1.54) is 5.56 Å². The van der Waals surface area contributed by atoms with Crippen molar-refractivity contribution in [2.24, 2.45) is 0 Å². The second-order valence-electron chi connectivity index (χ2n) is 4.24. The maximum absolute atomic E-state index is 12.1. The molecule has 0 radical (unpaired) electrons. The van der Waals surface area contributed by atoms with Crippen LogP contribution < -0.4 is 5.32 Å². The largest absolute Gasteiger partial charge is 0.314 e. The molecule has 90 valence electrons. The fourth-order valence-corrected chi connectivity index (χ4v) is 3.17. The summed E-state index contributed by atoms with van der Waals surface area (Å²) in [5.41, 5.74) is 2.35. The van der Waals surface area contributed by atoms with E-state index in [0.717, 1.165) is 17.0 Å². The molecule has 0 fully saturated rings. The minimum atomic E-state index is -0.897. The summed E-state index contributed by atoms with van der Waals surface area (Å²) in [7, 11) is -0.897. The Morgan fingerprint density at radius 3 is 2.62 bits per heavy atom. The molecule has 0 heterocycles. The van der Waals surface area contributed by atoms with E-state index in [4.69, 9.17) is 0 Å². The molecule has 1 N–H and O–H groups in total. The predicted molar refractivity (Wildman–Crippen MR) is 70.3 cm³/mol. The summed E-state index contributed by atoms with van der Waals surface area (Å²) in [5, 5.41) is 3.28. The first-order valence-corrected chi connectivity index (χ1v) is 7.05. The first-order valence-electron chi connectivity index (χ1n) is 5.73. The van der Waals surface area contributed by atoms with Crippen molar-refractivity contribution in [1.82, 2.24) is 5.32 Å². The van der Waals surface area contributed by atoms with Crippen LogP contribution in [0.4, 0.5) is 0 Å². The van der Waals surface area contributed by atoms with Crippen LogP contribution in [0.2, 0.25) is 0 Å². The van der Waals surface area contributed by atoms with Gasteiger partial charge in [0, 0.05) is 16.7 Å². The highest BCUT2D eigenvalue weighted by atomic mass is 32.2. The predicted octanol–water partition coefficient (Wildman–Crippen LogP) is 2.41. The number of hydrogen-bond acceptors (Lipinski definition) is 2. The van der Waals surface area contributed by atoms with Crippen LogP contribution in [0.15, 0.2) is 23.1 Å². The van der Waals surface area contributed by atoms with Crippen LogP contribution in [-0.4, -0.2) is 22.5 Å². The molecule has 1 rings (SSSR count). The third-order valence-corrected chi connectivity index (χ3v) is 4.28. The number of nitrogens with one attached hydrogen (secondary N) is 1. The van der Waals surface area contributed by atoms with E-state index in [1.54, 1.807) is 0 Å². The third kappa shape index (κ3) is 3.72. The Kier molecular flexibility index (Phi) is 5.16. The molecule has 0 spiro atoms. The summed E-state index contributed by atoms with van der Waals surface area (Å²) in [6.07, 6.45) is 0. The molecule has 0 aliphatic heterocycles. The third-order valence-electron chi connectivity index (χ3n) is 2.53. The number of rotatable bonds is 5. The molecule has 3 heteroatoms. The summed E-state index contributed by atoms with van der Waals surface area (Å²) in [6, 6.07) is 6.40. The Balaban J connectivity index is 2.73. The fourth-order valence-electron chi connectivity index (χ4n) is 1.78. The summed E-state index contributed by atoms with van der Waals surface area (Å²) in [6.45, 7) is 9.14. The lowest BCUT2D eigenvalue weighted by atomic mass is 10.2. The first kappa shape index (κ1) is 13.4. The van der Waals surface area contributed by atoms with Crippen LogP contribution in [0, 0.1) is 13.8 Å². The van der Waals surface area contributed by atoms with E-state index >= 15 is 0 Å². The SMILES string of the molecule is CCNC(C)CS(=O)c1ccc(C)cc1C. The quantitative estimate of drug-likeness (QED) is 0.855. The molecule has 0 aromatic heterocycles. The summed E-state index contributed by atoms with van der Waals surface area (Å²) in [4.78, 5) is 0.968. The number of aryl methyl sites for hydroxylation is 2. The molecule has 0 amide bonds. The Morgan fingerprint density at radius 2 is 2.06 bits per heavy atom. The summed E-state index contributed by atoms with van der Waals surface area (Å²) < 4.78 is 12.1. The van der Waals surface area contributed by atoms with Gasteiger partial charge in [-0.2, -0.15) is 0 Å². The molecule has 0 bridgehead atoms. The van der Waals surface area contributed by atoms with Gasteiger partial charge >= 0.3 is 0 Å². The minimum absolute atomic E-state index is 0.298. The Bertz CT molecular complexity index is 376. The average molecular weight is 239 g/mol. The van der Waals surface area contributed by atoms with Crippen molar-refractivity contribution in [3.8, 4) is 0 Å². The molecular formula is C13H21NOS. The van der Waals surface area contributed by atoms with Crippen molar-refractivity contribution in [3.63, 3.8) is 0 Å².